The highest BCUT2D eigenvalue weighted by Crippen LogP contribution is 2.20. The van der Waals surface area contributed by atoms with Gasteiger partial charge in [-0.2, -0.15) is 0 Å². The Morgan fingerprint density at radius 3 is 2.80 bits per heavy atom. The number of rotatable bonds is 5. The van der Waals surface area contributed by atoms with Crippen LogP contribution < -0.4 is 5.32 Å². The number of hydrogen-bond acceptors (Lipinski definition) is 5. The van der Waals surface area contributed by atoms with E-state index in [1.165, 1.54) is 6.26 Å². The van der Waals surface area contributed by atoms with E-state index >= 15 is 0 Å². The van der Waals surface area contributed by atoms with Crippen molar-refractivity contribution in [2.75, 3.05) is 6.54 Å². The minimum absolute atomic E-state index is 0.0721. The Balaban J connectivity index is 1.93. The minimum Gasteiger partial charge on any atom is -0.466 e. The molecular formula is C14H18N2O4. The van der Waals surface area contributed by atoms with Crippen molar-refractivity contribution in [1.82, 2.24) is 10.5 Å². The summed E-state index contributed by atoms with van der Waals surface area (Å²) in [4.78, 5) is 11.9. The molecule has 0 spiro atoms. The molecule has 2 aromatic rings. The van der Waals surface area contributed by atoms with Crippen molar-refractivity contribution in [3.63, 3.8) is 0 Å². The van der Waals surface area contributed by atoms with E-state index < -0.39 is 5.60 Å². The first-order valence-corrected chi connectivity index (χ1v) is 6.35. The maximum atomic E-state index is 11.9. The third kappa shape index (κ3) is 3.08. The number of carbonyl (C=O) groups is 1. The van der Waals surface area contributed by atoms with Crippen LogP contribution in [0.15, 0.2) is 27.3 Å². The van der Waals surface area contributed by atoms with Crippen molar-refractivity contribution in [2.24, 2.45) is 0 Å². The smallest absolute Gasteiger partial charge is 0.224 e. The lowest BCUT2D eigenvalue weighted by molar-refractivity contribution is -0.121. The number of furan rings is 1. The molecule has 0 saturated carbocycles. The van der Waals surface area contributed by atoms with Gasteiger partial charge >= 0.3 is 0 Å². The number of aliphatic hydroxyl groups is 1. The van der Waals surface area contributed by atoms with Gasteiger partial charge in [0.25, 0.3) is 0 Å². The van der Waals surface area contributed by atoms with Crippen LogP contribution in [0.4, 0.5) is 0 Å². The molecule has 0 saturated heterocycles. The van der Waals surface area contributed by atoms with E-state index in [9.17, 15) is 9.90 Å². The summed E-state index contributed by atoms with van der Waals surface area (Å²) in [5, 5.41) is 16.7. The molecule has 0 aromatic carbocycles. The second-order valence-corrected chi connectivity index (χ2v) is 5.01. The molecule has 0 radical (unpaired) electrons. The van der Waals surface area contributed by atoms with Gasteiger partial charge in [0.15, 0.2) is 0 Å². The van der Waals surface area contributed by atoms with E-state index in [1.54, 1.807) is 32.9 Å². The van der Waals surface area contributed by atoms with Crippen LogP contribution in [0, 0.1) is 13.8 Å². The van der Waals surface area contributed by atoms with Crippen LogP contribution in [0.2, 0.25) is 0 Å². The molecular weight excluding hydrogens is 260 g/mol. The summed E-state index contributed by atoms with van der Waals surface area (Å²) in [5.41, 5.74) is 0.244. The molecule has 20 heavy (non-hydrogen) atoms. The highest BCUT2D eigenvalue weighted by atomic mass is 16.5. The average molecular weight is 278 g/mol. The molecule has 6 heteroatoms. The van der Waals surface area contributed by atoms with Crippen molar-refractivity contribution in [2.45, 2.75) is 32.8 Å². The maximum absolute atomic E-state index is 11.9. The molecule has 0 aliphatic rings. The quantitative estimate of drug-likeness (QED) is 0.864. The van der Waals surface area contributed by atoms with Crippen molar-refractivity contribution in [3.8, 4) is 0 Å². The van der Waals surface area contributed by atoms with Gasteiger partial charge < -0.3 is 19.4 Å². The van der Waals surface area contributed by atoms with Gasteiger partial charge in [-0.15, -0.1) is 0 Å². The molecule has 2 heterocycles. The molecule has 0 aliphatic carbocycles. The van der Waals surface area contributed by atoms with Crippen molar-refractivity contribution < 1.29 is 18.8 Å². The molecule has 2 N–H and O–H groups in total. The number of amides is 1. The third-order valence-corrected chi connectivity index (χ3v) is 3.20. The first-order chi connectivity index (χ1) is 9.40. The van der Waals surface area contributed by atoms with Crippen LogP contribution in [0.25, 0.3) is 0 Å². The first-order valence-electron chi connectivity index (χ1n) is 6.35. The van der Waals surface area contributed by atoms with Crippen LogP contribution in [0.1, 0.15) is 29.7 Å². The van der Waals surface area contributed by atoms with Gasteiger partial charge in [-0.1, -0.05) is 5.16 Å². The van der Waals surface area contributed by atoms with E-state index in [0.717, 1.165) is 5.56 Å². The molecule has 0 unspecified atom stereocenters. The molecule has 0 bridgehead atoms. The zero-order valence-corrected chi connectivity index (χ0v) is 11.8. The SMILES string of the molecule is Cc1noc(C)c1CC(=O)NC[C@@](C)(O)c1ccco1. The second kappa shape index (κ2) is 5.50. The van der Waals surface area contributed by atoms with E-state index in [2.05, 4.69) is 10.5 Å². The predicted molar refractivity (Wildman–Crippen MR) is 71.0 cm³/mol. The summed E-state index contributed by atoms with van der Waals surface area (Å²) in [7, 11) is 0. The Morgan fingerprint density at radius 1 is 1.50 bits per heavy atom. The van der Waals surface area contributed by atoms with Crippen LogP contribution in [0.3, 0.4) is 0 Å². The average Bonchev–Trinajstić information content (AvgIpc) is 3.02. The molecule has 0 aliphatic heterocycles. The summed E-state index contributed by atoms with van der Waals surface area (Å²) in [5.74, 6) is 0.844. The fraction of sp³-hybridized carbons (Fsp3) is 0.429. The standard InChI is InChI=1S/C14H18N2O4/c1-9-11(10(2)20-16-9)7-13(17)15-8-14(3,18)12-5-4-6-19-12/h4-6,18H,7-8H2,1-3H3,(H,15,17)/t14-/m1/s1. The van der Waals surface area contributed by atoms with E-state index in [4.69, 9.17) is 8.94 Å². The monoisotopic (exact) mass is 278 g/mol. The third-order valence-electron chi connectivity index (χ3n) is 3.20. The van der Waals surface area contributed by atoms with Crippen molar-refractivity contribution in [3.05, 3.63) is 41.2 Å². The van der Waals surface area contributed by atoms with Gasteiger partial charge in [0.05, 0.1) is 24.9 Å². The number of aromatic nitrogens is 1. The molecule has 2 aromatic heterocycles. The summed E-state index contributed by atoms with van der Waals surface area (Å²) in [6.07, 6.45) is 1.66. The van der Waals surface area contributed by atoms with Crippen LogP contribution in [0.5, 0.6) is 0 Å². The minimum atomic E-state index is -1.24. The van der Waals surface area contributed by atoms with E-state index in [0.29, 0.717) is 17.2 Å². The summed E-state index contributed by atoms with van der Waals surface area (Å²) < 4.78 is 10.2. The molecule has 1 atom stereocenters. The lowest BCUT2D eigenvalue weighted by atomic mass is 10.0. The summed E-state index contributed by atoms with van der Waals surface area (Å²) >= 11 is 0. The van der Waals surface area contributed by atoms with Gasteiger partial charge in [0.1, 0.15) is 17.1 Å². The number of hydrogen-bond donors (Lipinski definition) is 2. The predicted octanol–water partition coefficient (Wildman–Crippen LogP) is 1.45. The molecule has 2 rings (SSSR count). The fourth-order valence-electron chi connectivity index (χ4n) is 1.92. The number of nitrogens with zero attached hydrogens (tertiary/aromatic N) is 1. The number of carbonyl (C=O) groups excluding carboxylic acids is 1. The molecule has 0 fully saturated rings. The normalized spacial score (nSPS) is 14.0. The number of aryl methyl sites for hydroxylation is 2. The van der Waals surface area contributed by atoms with Gasteiger partial charge in [-0.05, 0) is 32.9 Å². The topological polar surface area (TPSA) is 88.5 Å². The molecule has 6 nitrogen and oxygen atoms in total. The Hall–Kier alpha value is -2.08. The summed E-state index contributed by atoms with van der Waals surface area (Å²) in [6, 6.07) is 3.36. The maximum Gasteiger partial charge on any atom is 0.224 e. The van der Waals surface area contributed by atoms with Crippen LogP contribution in [-0.2, 0) is 16.8 Å². The Bertz CT molecular complexity index is 565. The zero-order valence-electron chi connectivity index (χ0n) is 11.8. The number of nitrogens with one attached hydrogen (secondary N) is 1. The van der Waals surface area contributed by atoms with Crippen LogP contribution >= 0.6 is 0 Å². The van der Waals surface area contributed by atoms with Gasteiger partial charge in [0, 0.05) is 5.56 Å². The Kier molecular flexibility index (Phi) is 3.94. The van der Waals surface area contributed by atoms with Crippen LogP contribution in [-0.4, -0.2) is 22.7 Å². The lowest BCUT2D eigenvalue weighted by Crippen LogP contribution is -2.39. The Morgan fingerprint density at radius 2 is 2.25 bits per heavy atom. The first kappa shape index (κ1) is 14.3. The highest BCUT2D eigenvalue weighted by Gasteiger charge is 2.27. The van der Waals surface area contributed by atoms with Gasteiger partial charge in [-0.25, -0.2) is 0 Å². The van der Waals surface area contributed by atoms with E-state index in [1.807, 2.05) is 0 Å². The van der Waals surface area contributed by atoms with Crippen molar-refractivity contribution >= 4 is 5.91 Å². The van der Waals surface area contributed by atoms with Gasteiger partial charge in [0.2, 0.25) is 5.91 Å². The largest absolute Gasteiger partial charge is 0.466 e. The Labute approximate surface area is 116 Å². The summed E-state index contributed by atoms with van der Waals surface area (Å²) in [6.45, 7) is 5.21. The van der Waals surface area contributed by atoms with E-state index in [-0.39, 0.29) is 18.9 Å². The highest BCUT2D eigenvalue weighted by molar-refractivity contribution is 5.79. The lowest BCUT2D eigenvalue weighted by Gasteiger charge is -2.21. The molecule has 1 amide bonds. The zero-order chi connectivity index (χ0) is 14.8. The molecule has 108 valence electrons. The van der Waals surface area contributed by atoms with Gasteiger partial charge in [-0.3, -0.25) is 4.79 Å². The van der Waals surface area contributed by atoms with Crippen molar-refractivity contribution in [1.29, 1.82) is 0 Å². The second-order valence-electron chi connectivity index (χ2n) is 5.01. The fourth-order valence-corrected chi connectivity index (χ4v) is 1.92.